The molecule has 3 amide bonds. The molecular formula is C17H18ClN3O2. The maximum Gasteiger partial charge on any atom is 0.319 e. The molecule has 2 rings (SSSR count). The van der Waals surface area contributed by atoms with Crippen molar-refractivity contribution in [2.75, 3.05) is 17.2 Å². The minimum absolute atomic E-state index is 0.161. The summed E-state index contributed by atoms with van der Waals surface area (Å²) in [5.41, 5.74) is 2.22. The molecule has 23 heavy (non-hydrogen) atoms. The Morgan fingerprint density at radius 2 is 1.70 bits per heavy atom. The Hall–Kier alpha value is -2.53. The number of hydrogen-bond donors (Lipinski definition) is 3. The third-order valence-electron chi connectivity index (χ3n) is 3.08. The number of hydrogen-bond acceptors (Lipinski definition) is 2. The Morgan fingerprint density at radius 1 is 1.00 bits per heavy atom. The lowest BCUT2D eigenvalue weighted by Crippen LogP contribution is -2.30. The first-order valence-corrected chi connectivity index (χ1v) is 7.58. The predicted molar refractivity (Wildman–Crippen MR) is 92.9 cm³/mol. The summed E-state index contributed by atoms with van der Waals surface area (Å²) in [4.78, 5) is 22.9. The molecule has 0 aromatic heterocycles. The molecule has 0 heterocycles. The summed E-state index contributed by atoms with van der Waals surface area (Å²) < 4.78 is 0. The van der Waals surface area contributed by atoms with Crippen molar-refractivity contribution in [2.24, 2.45) is 0 Å². The molecule has 0 aliphatic heterocycles. The van der Waals surface area contributed by atoms with Crippen molar-refractivity contribution < 1.29 is 9.59 Å². The Labute approximate surface area is 140 Å². The van der Waals surface area contributed by atoms with Crippen molar-refractivity contribution in [1.82, 2.24) is 5.32 Å². The maximum absolute atomic E-state index is 11.9. The van der Waals surface area contributed by atoms with Crippen LogP contribution in [0.2, 0.25) is 5.02 Å². The summed E-state index contributed by atoms with van der Waals surface area (Å²) in [6.45, 7) is 1.91. The Morgan fingerprint density at radius 3 is 2.39 bits per heavy atom. The minimum atomic E-state index is -0.308. The van der Waals surface area contributed by atoms with Crippen molar-refractivity contribution in [3.8, 4) is 0 Å². The summed E-state index contributed by atoms with van der Waals surface area (Å²) in [5.74, 6) is -0.161. The lowest BCUT2D eigenvalue weighted by molar-refractivity contribution is -0.114. The van der Waals surface area contributed by atoms with E-state index in [2.05, 4.69) is 16.0 Å². The number of halogens is 1. The number of urea groups is 1. The van der Waals surface area contributed by atoms with E-state index in [1.807, 2.05) is 24.3 Å². The number of benzene rings is 2. The van der Waals surface area contributed by atoms with E-state index in [1.54, 1.807) is 24.3 Å². The van der Waals surface area contributed by atoms with Gasteiger partial charge in [-0.25, -0.2) is 4.79 Å². The van der Waals surface area contributed by atoms with Crippen molar-refractivity contribution in [3.05, 3.63) is 59.1 Å². The predicted octanol–water partition coefficient (Wildman–Crippen LogP) is 3.66. The molecule has 3 N–H and O–H groups in total. The first-order chi connectivity index (χ1) is 11.0. The second-order valence-corrected chi connectivity index (χ2v) is 5.39. The number of rotatable bonds is 5. The lowest BCUT2D eigenvalue weighted by Gasteiger charge is -2.10. The van der Waals surface area contributed by atoms with Gasteiger partial charge < -0.3 is 16.0 Å². The van der Waals surface area contributed by atoms with Crippen LogP contribution >= 0.6 is 11.6 Å². The van der Waals surface area contributed by atoms with Gasteiger partial charge in [0.05, 0.1) is 0 Å². The number of amides is 3. The highest BCUT2D eigenvalue weighted by molar-refractivity contribution is 6.31. The van der Waals surface area contributed by atoms with Crippen LogP contribution in [-0.4, -0.2) is 18.5 Å². The highest BCUT2D eigenvalue weighted by Crippen LogP contribution is 2.16. The SMILES string of the molecule is CC(=O)Nc1cccc(NC(=O)NCCc2ccccc2Cl)c1. The van der Waals surface area contributed by atoms with Crippen LogP contribution in [0.4, 0.5) is 16.2 Å². The van der Waals surface area contributed by atoms with Gasteiger partial charge in [0, 0.05) is 29.9 Å². The number of carbonyl (C=O) groups is 2. The quantitative estimate of drug-likeness (QED) is 0.782. The highest BCUT2D eigenvalue weighted by atomic mass is 35.5. The first kappa shape index (κ1) is 16.8. The zero-order valence-corrected chi connectivity index (χ0v) is 13.5. The van der Waals surface area contributed by atoms with Gasteiger partial charge >= 0.3 is 6.03 Å². The van der Waals surface area contributed by atoms with Gasteiger partial charge in [-0.1, -0.05) is 35.9 Å². The highest BCUT2D eigenvalue weighted by Gasteiger charge is 2.04. The van der Waals surface area contributed by atoms with E-state index in [-0.39, 0.29) is 11.9 Å². The van der Waals surface area contributed by atoms with Crippen LogP contribution in [-0.2, 0) is 11.2 Å². The standard InChI is InChI=1S/C17H18ClN3O2/c1-12(22)20-14-6-4-7-15(11-14)21-17(23)19-10-9-13-5-2-3-8-16(13)18/h2-8,11H,9-10H2,1H3,(H,20,22)(H2,19,21,23). The summed E-state index contributed by atoms with van der Waals surface area (Å²) in [6.07, 6.45) is 0.652. The lowest BCUT2D eigenvalue weighted by atomic mass is 10.1. The van der Waals surface area contributed by atoms with Crippen LogP contribution in [0, 0.1) is 0 Å². The van der Waals surface area contributed by atoms with Crippen molar-refractivity contribution >= 4 is 34.9 Å². The van der Waals surface area contributed by atoms with Gasteiger partial charge in [0.25, 0.3) is 0 Å². The van der Waals surface area contributed by atoms with Crippen LogP contribution in [0.3, 0.4) is 0 Å². The summed E-state index contributed by atoms with van der Waals surface area (Å²) in [6, 6.07) is 14.2. The molecular weight excluding hydrogens is 314 g/mol. The molecule has 2 aromatic rings. The van der Waals surface area contributed by atoms with Gasteiger partial charge in [-0.3, -0.25) is 4.79 Å². The van der Waals surface area contributed by atoms with E-state index in [1.165, 1.54) is 6.92 Å². The molecule has 0 unspecified atom stereocenters. The van der Waals surface area contributed by atoms with Gasteiger partial charge in [-0.05, 0) is 36.2 Å². The summed E-state index contributed by atoms with van der Waals surface area (Å²) in [5, 5.41) is 8.85. The molecule has 0 aliphatic carbocycles. The van der Waals surface area contributed by atoms with Crippen molar-refractivity contribution in [2.45, 2.75) is 13.3 Å². The van der Waals surface area contributed by atoms with Gasteiger partial charge in [0.2, 0.25) is 5.91 Å². The van der Waals surface area contributed by atoms with E-state index in [9.17, 15) is 9.59 Å². The largest absolute Gasteiger partial charge is 0.338 e. The third kappa shape index (κ3) is 5.64. The molecule has 0 aliphatic rings. The fourth-order valence-corrected chi connectivity index (χ4v) is 2.30. The molecule has 120 valence electrons. The molecule has 0 radical (unpaired) electrons. The monoisotopic (exact) mass is 331 g/mol. The Balaban J connectivity index is 1.83. The van der Waals surface area contributed by atoms with Gasteiger partial charge in [-0.2, -0.15) is 0 Å². The van der Waals surface area contributed by atoms with E-state index in [0.29, 0.717) is 29.4 Å². The van der Waals surface area contributed by atoms with Crippen LogP contribution in [0.5, 0.6) is 0 Å². The average Bonchev–Trinajstić information content (AvgIpc) is 2.49. The number of nitrogens with one attached hydrogen (secondary N) is 3. The maximum atomic E-state index is 11.9. The van der Waals surface area contributed by atoms with E-state index in [4.69, 9.17) is 11.6 Å². The molecule has 5 nitrogen and oxygen atoms in total. The van der Waals surface area contributed by atoms with Crippen LogP contribution in [0.15, 0.2) is 48.5 Å². The van der Waals surface area contributed by atoms with Crippen LogP contribution in [0.1, 0.15) is 12.5 Å². The molecule has 0 spiro atoms. The Bertz CT molecular complexity index is 704. The fraction of sp³-hybridized carbons (Fsp3) is 0.176. The van der Waals surface area contributed by atoms with Crippen molar-refractivity contribution in [3.63, 3.8) is 0 Å². The van der Waals surface area contributed by atoms with Crippen molar-refractivity contribution in [1.29, 1.82) is 0 Å². The zero-order chi connectivity index (χ0) is 16.7. The molecule has 6 heteroatoms. The number of anilines is 2. The van der Waals surface area contributed by atoms with Gasteiger partial charge in [0.15, 0.2) is 0 Å². The van der Waals surface area contributed by atoms with E-state index < -0.39 is 0 Å². The van der Waals surface area contributed by atoms with Crippen LogP contribution < -0.4 is 16.0 Å². The molecule has 0 saturated carbocycles. The fourth-order valence-electron chi connectivity index (χ4n) is 2.07. The summed E-state index contributed by atoms with van der Waals surface area (Å²) >= 11 is 6.07. The molecule has 0 saturated heterocycles. The average molecular weight is 332 g/mol. The molecule has 0 atom stereocenters. The second kappa shape index (κ2) is 8.19. The van der Waals surface area contributed by atoms with E-state index in [0.717, 1.165) is 5.56 Å². The molecule has 0 fully saturated rings. The normalized spacial score (nSPS) is 10.0. The van der Waals surface area contributed by atoms with Gasteiger partial charge in [-0.15, -0.1) is 0 Å². The minimum Gasteiger partial charge on any atom is -0.338 e. The van der Waals surface area contributed by atoms with Crippen LogP contribution in [0.25, 0.3) is 0 Å². The smallest absolute Gasteiger partial charge is 0.319 e. The topological polar surface area (TPSA) is 70.2 Å². The summed E-state index contributed by atoms with van der Waals surface area (Å²) in [7, 11) is 0. The van der Waals surface area contributed by atoms with Gasteiger partial charge in [0.1, 0.15) is 0 Å². The Kier molecular flexibility index (Phi) is 6.00. The second-order valence-electron chi connectivity index (χ2n) is 4.98. The number of carbonyl (C=O) groups excluding carboxylic acids is 2. The first-order valence-electron chi connectivity index (χ1n) is 7.20. The zero-order valence-electron chi connectivity index (χ0n) is 12.7. The third-order valence-corrected chi connectivity index (χ3v) is 3.45. The molecule has 0 bridgehead atoms. The molecule has 2 aromatic carbocycles. The van der Waals surface area contributed by atoms with E-state index >= 15 is 0 Å².